The van der Waals surface area contributed by atoms with E-state index in [0.717, 1.165) is 0 Å². The van der Waals surface area contributed by atoms with Gasteiger partial charge in [0.25, 0.3) is 0 Å². The van der Waals surface area contributed by atoms with Gasteiger partial charge in [-0.2, -0.15) is 0 Å². The maximum absolute atomic E-state index is 11.7. The fourth-order valence-electron chi connectivity index (χ4n) is 2.05. The zero-order valence-corrected chi connectivity index (χ0v) is 17.9. The summed E-state index contributed by atoms with van der Waals surface area (Å²) in [4.78, 5) is 22.1. The van der Waals surface area contributed by atoms with Crippen molar-refractivity contribution in [1.29, 1.82) is 0 Å². The van der Waals surface area contributed by atoms with Gasteiger partial charge >= 0.3 is 11.9 Å². The van der Waals surface area contributed by atoms with Crippen LogP contribution in [0.5, 0.6) is 0 Å². The molecule has 0 aromatic heterocycles. The Bertz CT molecular complexity index is 848. The van der Waals surface area contributed by atoms with E-state index in [1.165, 1.54) is 0 Å². The van der Waals surface area contributed by atoms with Gasteiger partial charge in [-0.3, -0.25) is 4.79 Å². The quantitative estimate of drug-likeness (QED) is 0.296. The molecular weight excluding hydrogens is 451 g/mol. The molecule has 0 saturated heterocycles. The minimum Gasteiger partial charge on any atom is -0.479 e. The highest BCUT2D eigenvalue weighted by atomic mass is 35.5. The number of hydrogen-bond donors (Lipinski definition) is 6. The number of para-hydroxylation sites is 2. The van der Waals surface area contributed by atoms with Crippen LogP contribution in [0, 0.1) is 0 Å². The van der Waals surface area contributed by atoms with E-state index in [1.54, 1.807) is 42.5 Å². The molecule has 0 saturated carbocycles. The molecule has 0 aliphatic rings. The van der Waals surface area contributed by atoms with Gasteiger partial charge in [0.15, 0.2) is 6.61 Å². The summed E-state index contributed by atoms with van der Waals surface area (Å²) in [6.45, 7) is -1.87. The number of anilines is 2. The first kappa shape index (κ1) is 26.6. The normalized spacial score (nSPS) is 10.6. The number of rotatable bonds is 9. The van der Waals surface area contributed by atoms with Gasteiger partial charge in [-0.25, -0.2) is 4.79 Å². The summed E-state index contributed by atoms with van der Waals surface area (Å²) in [5.74, 6) is -1.83. The van der Waals surface area contributed by atoms with Crippen LogP contribution >= 0.6 is 23.2 Å². The summed E-state index contributed by atoms with van der Waals surface area (Å²) in [6.07, 6.45) is -0.0709. The van der Waals surface area contributed by atoms with E-state index < -0.39 is 43.9 Å². The molecule has 0 aliphatic carbocycles. The number of carbonyl (C=O) groups excluding carboxylic acids is 1. The lowest BCUT2D eigenvalue weighted by Crippen LogP contribution is -2.50. The van der Waals surface area contributed by atoms with E-state index in [1.807, 2.05) is 0 Å². The van der Waals surface area contributed by atoms with Crippen molar-refractivity contribution < 1.29 is 34.8 Å². The Hall–Kier alpha value is -2.40. The van der Waals surface area contributed by atoms with Crippen molar-refractivity contribution >= 4 is 46.5 Å². The largest absolute Gasteiger partial charge is 0.479 e. The van der Waals surface area contributed by atoms with Crippen LogP contribution in [0.25, 0.3) is 0 Å². The van der Waals surface area contributed by atoms with Crippen LogP contribution in [0.1, 0.15) is 5.56 Å². The third-order valence-electron chi connectivity index (χ3n) is 3.88. The Balaban J connectivity index is 0.000000512. The van der Waals surface area contributed by atoms with Gasteiger partial charge in [-0.05, 0) is 23.8 Å². The molecule has 0 aliphatic heterocycles. The summed E-state index contributed by atoms with van der Waals surface area (Å²) in [6, 6.07) is 12.2. The minimum absolute atomic E-state index is 0.0709. The second kappa shape index (κ2) is 13.1. The summed E-state index contributed by atoms with van der Waals surface area (Å²) in [5, 5.41) is 37.5. The highest BCUT2D eigenvalue weighted by Gasteiger charge is 2.20. The van der Waals surface area contributed by atoms with Crippen LogP contribution in [0.2, 0.25) is 10.0 Å². The molecule has 2 aromatic rings. The highest BCUT2D eigenvalue weighted by molar-refractivity contribution is 6.39. The van der Waals surface area contributed by atoms with Crippen molar-refractivity contribution in [2.75, 3.05) is 31.7 Å². The summed E-state index contributed by atoms with van der Waals surface area (Å²) in [5.41, 5.74) is 5.74. The number of nitrogens with one attached hydrogen (secondary N) is 1. The number of carboxylic acid groups (broad SMARTS) is 1. The molecule has 7 N–H and O–H groups in total. The first-order valence-corrected chi connectivity index (χ1v) is 9.69. The molecule has 0 heterocycles. The summed E-state index contributed by atoms with van der Waals surface area (Å²) < 4.78 is 4.64. The van der Waals surface area contributed by atoms with E-state index in [-0.39, 0.29) is 6.42 Å². The van der Waals surface area contributed by atoms with Crippen LogP contribution in [0.4, 0.5) is 11.4 Å². The predicted octanol–water partition coefficient (Wildman–Crippen LogP) is 1.57. The van der Waals surface area contributed by atoms with Crippen molar-refractivity contribution in [2.45, 2.75) is 12.0 Å². The zero-order chi connectivity index (χ0) is 23.4. The van der Waals surface area contributed by atoms with Crippen molar-refractivity contribution in [2.24, 2.45) is 5.73 Å². The monoisotopic (exact) mass is 474 g/mol. The first-order chi connectivity index (χ1) is 14.7. The second-order valence-corrected chi connectivity index (χ2v) is 7.26. The molecule has 0 radical (unpaired) electrons. The molecule has 0 amide bonds. The lowest BCUT2D eigenvalue weighted by molar-refractivity contribution is -0.154. The number of aliphatic hydroxyl groups excluding tert-OH is 3. The lowest BCUT2D eigenvalue weighted by Gasteiger charge is -2.20. The lowest BCUT2D eigenvalue weighted by atomic mass is 10.1. The SMILES string of the molecule is NC(CO)(CO)CO.O=C(O)COC(=O)Cc1ccccc1Nc1c(Cl)cccc1Cl. The number of aliphatic carboxylic acids is 1. The molecule has 0 atom stereocenters. The van der Waals surface area contributed by atoms with E-state index in [2.05, 4.69) is 10.1 Å². The predicted molar refractivity (Wildman–Crippen MR) is 117 cm³/mol. The Morgan fingerprint density at radius 3 is 2.00 bits per heavy atom. The molecule has 0 fully saturated rings. The van der Waals surface area contributed by atoms with Gasteiger partial charge in [0, 0.05) is 5.69 Å². The number of carbonyl (C=O) groups is 2. The molecule has 0 bridgehead atoms. The molecular formula is C20H24Cl2N2O7. The molecule has 0 spiro atoms. The number of benzene rings is 2. The maximum atomic E-state index is 11.7. The zero-order valence-electron chi connectivity index (χ0n) is 16.4. The van der Waals surface area contributed by atoms with Crippen LogP contribution in [0.3, 0.4) is 0 Å². The standard InChI is InChI=1S/C16H13Cl2NO4.C4H11NO3/c17-11-5-3-6-12(18)16(11)19-13-7-2-1-4-10(13)8-15(22)23-9-14(20)21;5-4(1-6,2-7)3-8/h1-7,19H,8-9H2,(H,20,21);6-8H,1-3,5H2. The summed E-state index contributed by atoms with van der Waals surface area (Å²) in [7, 11) is 0. The number of halogens is 2. The van der Waals surface area contributed by atoms with E-state index in [9.17, 15) is 9.59 Å². The maximum Gasteiger partial charge on any atom is 0.341 e. The minimum atomic E-state index is -1.21. The Morgan fingerprint density at radius 2 is 1.52 bits per heavy atom. The Labute approximate surface area is 189 Å². The summed E-state index contributed by atoms with van der Waals surface area (Å²) >= 11 is 12.2. The smallest absolute Gasteiger partial charge is 0.341 e. The van der Waals surface area contributed by atoms with E-state index in [4.69, 9.17) is 49.4 Å². The van der Waals surface area contributed by atoms with Crippen LogP contribution in [-0.2, 0) is 20.7 Å². The number of aliphatic hydroxyl groups is 3. The van der Waals surface area contributed by atoms with Gasteiger partial charge in [0.2, 0.25) is 0 Å². The van der Waals surface area contributed by atoms with Crippen molar-refractivity contribution in [3.8, 4) is 0 Å². The molecule has 0 unspecified atom stereocenters. The van der Waals surface area contributed by atoms with E-state index in [0.29, 0.717) is 27.0 Å². The fourth-order valence-corrected chi connectivity index (χ4v) is 2.54. The molecule has 9 nitrogen and oxygen atoms in total. The third kappa shape index (κ3) is 9.09. The number of ether oxygens (including phenoxy) is 1. The van der Waals surface area contributed by atoms with Gasteiger partial charge in [0.1, 0.15) is 0 Å². The van der Waals surface area contributed by atoms with Crippen molar-refractivity contribution in [1.82, 2.24) is 0 Å². The Kier molecular flexibility index (Phi) is 11.3. The average Bonchev–Trinajstić information content (AvgIpc) is 2.76. The molecule has 31 heavy (non-hydrogen) atoms. The second-order valence-electron chi connectivity index (χ2n) is 6.45. The molecule has 170 valence electrons. The van der Waals surface area contributed by atoms with E-state index >= 15 is 0 Å². The topological polar surface area (TPSA) is 162 Å². The number of nitrogens with two attached hydrogens (primary N) is 1. The molecule has 11 heteroatoms. The first-order valence-electron chi connectivity index (χ1n) is 8.93. The molecule has 2 aromatic carbocycles. The van der Waals surface area contributed by atoms with Crippen LogP contribution in [0.15, 0.2) is 42.5 Å². The molecule has 2 rings (SSSR count). The average molecular weight is 475 g/mol. The number of carboxylic acids is 1. The van der Waals surface area contributed by atoms with Crippen molar-refractivity contribution in [3.63, 3.8) is 0 Å². The third-order valence-corrected chi connectivity index (χ3v) is 4.51. The van der Waals surface area contributed by atoms with Crippen molar-refractivity contribution in [3.05, 3.63) is 58.1 Å². The van der Waals surface area contributed by atoms with Gasteiger partial charge in [-0.15, -0.1) is 0 Å². The van der Waals surface area contributed by atoms with Gasteiger partial charge in [0.05, 0.1) is 47.5 Å². The van der Waals surface area contributed by atoms with Gasteiger partial charge < -0.3 is 36.2 Å². The highest BCUT2D eigenvalue weighted by Crippen LogP contribution is 2.33. The number of hydrogen-bond acceptors (Lipinski definition) is 8. The van der Waals surface area contributed by atoms with Crippen LogP contribution in [-0.4, -0.2) is 64.3 Å². The fraction of sp³-hybridized carbons (Fsp3) is 0.300. The number of esters is 1. The van der Waals surface area contributed by atoms with Gasteiger partial charge in [-0.1, -0.05) is 47.5 Å². The Morgan fingerprint density at radius 1 is 0.968 bits per heavy atom. The van der Waals surface area contributed by atoms with Crippen LogP contribution < -0.4 is 11.1 Å².